The molecule has 1 unspecified atom stereocenters. The fourth-order valence-corrected chi connectivity index (χ4v) is 1.73. The van der Waals surface area contributed by atoms with E-state index < -0.39 is 0 Å². The zero-order valence-electron chi connectivity index (χ0n) is 8.52. The minimum atomic E-state index is 0.471. The van der Waals surface area contributed by atoms with E-state index >= 15 is 0 Å². The van der Waals surface area contributed by atoms with Crippen LogP contribution in [-0.4, -0.2) is 6.61 Å². The highest BCUT2D eigenvalue weighted by Crippen LogP contribution is 2.34. The molecule has 1 nitrogen and oxygen atoms in total. The Morgan fingerprint density at radius 2 is 2.25 bits per heavy atom. The van der Waals surface area contributed by atoms with Crippen molar-refractivity contribution in [2.75, 3.05) is 6.61 Å². The summed E-state index contributed by atoms with van der Waals surface area (Å²) < 4.78 is 5.36. The van der Waals surface area contributed by atoms with E-state index in [-0.39, 0.29) is 0 Å². The average Bonchev–Trinajstić information content (AvgIpc) is 2.35. The highest BCUT2D eigenvalue weighted by Gasteiger charge is 2.26. The fourth-order valence-electron chi connectivity index (χ4n) is 1.73. The van der Waals surface area contributed by atoms with Gasteiger partial charge in [0, 0.05) is 12.3 Å². The number of rotatable bonds is 3. The van der Waals surface area contributed by atoms with Crippen LogP contribution in [0.5, 0.6) is 0 Å². The van der Waals surface area contributed by atoms with Crippen LogP contribution in [0, 0.1) is 11.3 Å². The van der Waals surface area contributed by atoms with E-state index in [1.165, 1.54) is 12.8 Å². The summed E-state index contributed by atoms with van der Waals surface area (Å²) in [5, 5.41) is 0. The second-order valence-corrected chi connectivity index (χ2v) is 4.64. The minimum Gasteiger partial charge on any atom is -0.498 e. The smallest absolute Gasteiger partial charge is 0.0909 e. The van der Waals surface area contributed by atoms with Crippen molar-refractivity contribution in [1.82, 2.24) is 0 Å². The molecule has 0 aliphatic carbocycles. The van der Waals surface area contributed by atoms with Gasteiger partial charge < -0.3 is 4.74 Å². The van der Waals surface area contributed by atoms with Gasteiger partial charge in [0.05, 0.1) is 12.4 Å². The molecule has 1 heteroatoms. The third-order valence-electron chi connectivity index (χ3n) is 2.84. The van der Waals surface area contributed by atoms with Crippen molar-refractivity contribution in [3.8, 4) is 0 Å². The number of hydrogen-bond acceptors (Lipinski definition) is 1. The lowest BCUT2D eigenvalue weighted by Gasteiger charge is -2.25. The Kier molecular flexibility index (Phi) is 2.81. The molecule has 1 heterocycles. The molecule has 1 atom stereocenters. The lowest BCUT2D eigenvalue weighted by molar-refractivity contribution is 0.201. The molecule has 0 radical (unpaired) electrons. The molecule has 1 aliphatic heterocycles. The standard InChI is InChI=1S/C11H20O/c1-5-11(3,4)7-10-6-9(2)12-8-10/h10H,2,5-8H2,1,3-4H3. The predicted octanol–water partition coefficient (Wildman–Crippen LogP) is 3.36. The van der Waals surface area contributed by atoms with Gasteiger partial charge in [0.15, 0.2) is 0 Å². The second-order valence-electron chi connectivity index (χ2n) is 4.64. The van der Waals surface area contributed by atoms with Crippen molar-refractivity contribution in [3.63, 3.8) is 0 Å². The van der Waals surface area contributed by atoms with E-state index in [9.17, 15) is 0 Å². The molecule has 1 rings (SSSR count). The summed E-state index contributed by atoms with van der Waals surface area (Å²) in [5.41, 5.74) is 0.471. The van der Waals surface area contributed by atoms with E-state index in [1.807, 2.05) is 0 Å². The van der Waals surface area contributed by atoms with Gasteiger partial charge >= 0.3 is 0 Å². The van der Waals surface area contributed by atoms with Gasteiger partial charge in [-0.05, 0) is 11.8 Å². The summed E-state index contributed by atoms with van der Waals surface area (Å²) in [4.78, 5) is 0. The topological polar surface area (TPSA) is 9.23 Å². The largest absolute Gasteiger partial charge is 0.498 e. The highest BCUT2D eigenvalue weighted by molar-refractivity contribution is 4.92. The van der Waals surface area contributed by atoms with Gasteiger partial charge in [-0.25, -0.2) is 0 Å². The van der Waals surface area contributed by atoms with Crippen LogP contribution >= 0.6 is 0 Å². The van der Waals surface area contributed by atoms with Gasteiger partial charge in [-0.1, -0.05) is 33.8 Å². The van der Waals surface area contributed by atoms with Gasteiger partial charge in [0.2, 0.25) is 0 Å². The predicted molar refractivity (Wildman–Crippen MR) is 51.9 cm³/mol. The Morgan fingerprint density at radius 3 is 2.67 bits per heavy atom. The molecule has 0 bridgehead atoms. The van der Waals surface area contributed by atoms with Crippen LogP contribution in [0.3, 0.4) is 0 Å². The first kappa shape index (κ1) is 9.63. The quantitative estimate of drug-likeness (QED) is 0.628. The number of ether oxygens (including phenoxy) is 1. The molecule has 0 aromatic rings. The summed E-state index contributed by atoms with van der Waals surface area (Å²) in [6.45, 7) is 11.6. The van der Waals surface area contributed by atoms with Gasteiger partial charge in [0.1, 0.15) is 0 Å². The maximum absolute atomic E-state index is 5.36. The van der Waals surface area contributed by atoms with Crippen molar-refractivity contribution in [2.24, 2.45) is 11.3 Å². The fraction of sp³-hybridized carbons (Fsp3) is 0.818. The zero-order chi connectivity index (χ0) is 9.19. The molecule has 0 amide bonds. The molecule has 1 aliphatic rings. The van der Waals surface area contributed by atoms with Gasteiger partial charge in [-0.3, -0.25) is 0 Å². The van der Waals surface area contributed by atoms with Crippen LogP contribution in [-0.2, 0) is 4.74 Å². The summed E-state index contributed by atoms with van der Waals surface area (Å²) in [5.74, 6) is 1.69. The Morgan fingerprint density at radius 1 is 1.58 bits per heavy atom. The Hall–Kier alpha value is -0.460. The number of allylic oxidation sites excluding steroid dienone is 1. The summed E-state index contributed by atoms with van der Waals surface area (Å²) in [7, 11) is 0. The van der Waals surface area contributed by atoms with Crippen LogP contribution in [0.15, 0.2) is 12.3 Å². The number of hydrogen-bond donors (Lipinski definition) is 0. The van der Waals surface area contributed by atoms with E-state index in [4.69, 9.17) is 4.74 Å². The van der Waals surface area contributed by atoms with Crippen molar-refractivity contribution in [3.05, 3.63) is 12.3 Å². The van der Waals surface area contributed by atoms with Crippen LogP contribution in [0.4, 0.5) is 0 Å². The SMILES string of the molecule is C=C1CC(CC(C)(C)CC)CO1. The molecule has 70 valence electrons. The molecular weight excluding hydrogens is 148 g/mol. The lowest BCUT2D eigenvalue weighted by Crippen LogP contribution is -2.16. The Bertz CT molecular complexity index is 170. The first-order valence-corrected chi connectivity index (χ1v) is 4.84. The van der Waals surface area contributed by atoms with Crippen molar-refractivity contribution < 1.29 is 4.74 Å². The summed E-state index contributed by atoms with van der Waals surface area (Å²) in [6, 6.07) is 0. The molecule has 0 aromatic heterocycles. The van der Waals surface area contributed by atoms with E-state index in [0.29, 0.717) is 11.3 Å². The summed E-state index contributed by atoms with van der Waals surface area (Å²) >= 11 is 0. The molecule has 12 heavy (non-hydrogen) atoms. The third-order valence-corrected chi connectivity index (χ3v) is 2.84. The molecule has 0 spiro atoms. The molecular formula is C11H20O. The molecule has 0 aromatic carbocycles. The lowest BCUT2D eigenvalue weighted by atomic mass is 9.80. The van der Waals surface area contributed by atoms with Crippen molar-refractivity contribution >= 4 is 0 Å². The van der Waals surface area contributed by atoms with E-state index in [0.717, 1.165) is 18.8 Å². The van der Waals surface area contributed by atoms with Gasteiger partial charge in [-0.15, -0.1) is 0 Å². The highest BCUT2D eigenvalue weighted by atomic mass is 16.5. The maximum Gasteiger partial charge on any atom is 0.0909 e. The third kappa shape index (κ3) is 2.54. The average molecular weight is 168 g/mol. The van der Waals surface area contributed by atoms with E-state index in [2.05, 4.69) is 27.4 Å². The normalized spacial score (nSPS) is 24.2. The molecule has 1 fully saturated rings. The first-order valence-electron chi connectivity index (χ1n) is 4.84. The van der Waals surface area contributed by atoms with Crippen LogP contribution in [0.25, 0.3) is 0 Å². The Balaban J connectivity index is 2.36. The zero-order valence-corrected chi connectivity index (χ0v) is 8.52. The monoisotopic (exact) mass is 168 g/mol. The van der Waals surface area contributed by atoms with Crippen LogP contribution in [0.2, 0.25) is 0 Å². The van der Waals surface area contributed by atoms with Gasteiger partial charge in [-0.2, -0.15) is 0 Å². The van der Waals surface area contributed by atoms with Crippen LogP contribution < -0.4 is 0 Å². The first-order chi connectivity index (χ1) is 5.53. The maximum atomic E-state index is 5.36. The molecule has 0 saturated carbocycles. The van der Waals surface area contributed by atoms with Gasteiger partial charge in [0.25, 0.3) is 0 Å². The molecule has 0 N–H and O–H groups in total. The van der Waals surface area contributed by atoms with E-state index in [1.54, 1.807) is 0 Å². The summed E-state index contributed by atoms with van der Waals surface area (Å²) in [6.07, 6.45) is 3.59. The van der Waals surface area contributed by atoms with Crippen LogP contribution in [0.1, 0.15) is 40.0 Å². The molecule has 1 saturated heterocycles. The van der Waals surface area contributed by atoms with Crippen molar-refractivity contribution in [1.29, 1.82) is 0 Å². The minimum absolute atomic E-state index is 0.471. The van der Waals surface area contributed by atoms with Crippen molar-refractivity contribution in [2.45, 2.75) is 40.0 Å². The Labute approximate surface area is 75.8 Å². The second kappa shape index (κ2) is 3.51.